The Hall–Kier alpha value is -1.39. The molecule has 1 aliphatic carbocycles. The molecule has 0 unspecified atom stereocenters. The molecule has 3 nitrogen and oxygen atoms in total. The quantitative estimate of drug-likeness (QED) is 0.830. The molecular weight excluding hydrogens is 212 g/mol. The van der Waals surface area contributed by atoms with Crippen LogP contribution in [-0.4, -0.2) is 18.6 Å². The summed E-state index contributed by atoms with van der Waals surface area (Å²) in [7, 11) is 1.55. The van der Waals surface area contributed by atoms with Crippen molar-refractivity contribution in [2.75, 3.05) is 24.2 Å². The van der Waals surface area contributed by atoms with E-state index in [9.17, 15) is 8.78 Å². The van der Waals surface area contributed by atoms with E-state index in [1.54, 1.807) is 7.05 Å². The molecule has 5 heteroatoms. The van der Waals surface area contributed by atoms with Crippen molar-refractivity contribution in [1.29, 1.82) is 0 Å². The molecule has 2 N–H and O–H groups in total. The summed E-state index contributed by atoms with van der Waals surface area (Å²) in [6, 6.07) is 0.849. The Bertz CT molecular complexity index is 378. The minimum atomic E-state index is -0.672. The molecule has 0 aliphatic heterocycles. The zero-order valence-corrected chi connectivity index (χ0v) is 9.19. The number of nitrogens with zero attached hydrogens (tertiary/aromatic N) is 1. The molecule has 1 heterocycles. The first kappa shape index (κ1) is 11.1. The van der Waals surface area contributed by atoms with Crippen molar-refractivity contribution in [3.05, 3.63) is 17.7 Å². The van der Waals surface area contributed by atoms with Gasteiger partial charge in [0.05, 0.1) is 0 Å². The molecule has 1 saturated carbocycles. The van der Waals surface area contributed by atoms with Crippen LogP contribution in [0.5, 0.6) is 0 Å². The maximum atomic E-state index is 13.3. The fourth-order valence-electron chi connectivity index (χ4n) is 1.70. The van der Waals surface area contributed by atoms with Crippen LogP contribution >= 0.6 is 0 Å². The second-order valence-corrected chi connectivity index (χ2v) is 4.08. The first-order valence-electron chi connectivity index (χ1n) is 5.48. The van der Waals surface area contributed by atoms with Crippen molar-refractivity contribution in [3.63, 3.8) is 0 Å². The molecular formula is C11H15F2N3. The number of halogens is 2. The van der Waals surface area contributed by atoms with Crippen molar-refractivity contribution < 1.29 is 8.78 Å². The highest BCUT2D eigenvalue weighted by Crippen LogP contribution is 2.27. The molecule has 2 rings (SSSR count). The number of aromatic nitrogens is 1. The second-order valence-electron chi connectivity index (χ2n) is 4.08. The van der Waals surface area contributed by atoms with Crippen LogP contribution in [0.4, 0.5) is 20.4 Å². The average Bonchev–Trinajstić information content (AvgIpc) is 2.18. The lowest BCUT2D eigenvalue weighted by molar-refractivity contribution is 0.333. The van der Waals surface area contributed by atoms with E-state index in [1.165, 1.54) is 19.3 Å². The maximum absolute atomic E-state index is 13.3. The Labute approximate surface area is 93.3 Å². The molecule has 0 saturated heterocycles. The molecule has 16 heavy (non-hydrogen) atoms. The average molecular weight is 227 g/mol. The topological polar surface area (TPSA) is 37.0 Å². The predicted molar refractivity (Wildman–Crippen MR) is 59.5 cm³/mol. The molecule has 1 aliphatic rings. The minimum absolute atomic E-state index is 0.0671. The van der Waals surface area contributed by atoms with Crippen LogP contribution in [0.1, 0.15) is 19.3 Å². The minimum Gasteiger partial charge on any atom is -0.371 e. The van der Waals surface area contributed by atoms with Gasteiger partial charge in [0.15, 0.2) is 23.3 Å². The third-order valence-corrected chi connectivity index (χ3v) is 2.95. The number of nitrogens with one attached hydrogen (secondary N) is 2. The molecule has 1 aromatic heterocycles. The smallest absolute Gasteiger partial charge is 0.168 e. The van der Waals surface area contributed by atoms with E-state index in [-0.39, 0.29) is 11.6 Å². The van der Waals surface area contributed by atoms with E-state index in [2.05, 4.69) is 15.6 Å². The molecule has 1 fully saturated rings. The van der Waals surface area contributed by atoms with Gasteiger partial charge in [-0.1, -0.05) is 6.42 Å². The predicted octanol–water partition coefficient (Wildman–Crippen LogP) is 2.61. The lowest BCUT2D eigenvalue weighted by Gasteiger charge is -2.25. The summed E-state index contributed by atoms with van der Waals surface area (Å²) in [5.41, 5.74) is 0. The van der Waals surface area contributed by atoms with E-state index in [1.807, 2.05) is 0 Å². The number of hydrogen-bond donors (Lipinski definition) is 2. The van der Waals surface area contributed by atoms with Gasteiger partial charge < -0.3 is 10.6 Å². The third kappa shape index (κ3) is 2.23. The van der Waals surface area contributed by atoms with E-state index >= 15 is 0 Å². The zero-order chi connectivity index (χ0) is 11.5. The third-order valence-electron chi connectivity index (χ3n) is 2.95. The van der Waals surface area contributed by atoms with Crippen LogP contribution < -0.4 is 10.6 Å². The normalized spacial score (nSPS) is 15.7. The Morgan fingerprint density at radius 3 is 2.56 bits per heavy atom. The maximum Gasteiger partial charge on any atom is 0.168 e. The zero-order valence-electron chi connectivity index (χ0n) is 9.19. The second kappa shape index (κ2) is 4.63. The van der Waals surface area contributed by atoms with Crippen LogP contribution in [0.25, 0.3) is 0 Å². The van der Waals surface area contributed by atoms with Crippen LogP contribution in [-0.2, 0) is 0 Å². The lowest BCUT2D eigenvalue weighted by atomic mass is 9.85. The molecule has 0 aromatic carbocycles. The summed E-state index contributed by atoms with van der Waals surface area (Å²) in [4.78, 5) is 3.85. The molecule has 0 spiro atoms. The van der Waals surface area contributed by atoms with Crippen LogP contribution in [0.15, 0.2) is 6.07 Å². The Kier molecular flexibility index (Phi) is 3.22. The first-order valence-corrected chi connectivity index (χ1v) is 5.48. The Morgan fingerprint density at radius 2 is 2.00 bits per heavy atom. The van der Waals surface area contributed by atoms with E-state index in [0.29, 0.717) is 12.5 Å². The highest BCUT2D eigenvalue weighted by atomic mass is 19.1. The van der Waals surface area contributed by atoms with Gasteiger partial charge in [-0.3, -0.25) is 0 Å². The van der Waals surface area contributed by atoms with Crippen molar-refractivity contribution in [3.8, 4) is 0 Å². The van der Waals surface area contributed by atoms with Crippen molar-refractivity contribution in [2.45, 2.75) is 19.3 Å². The number of rotatable bonds is 4. The summed E-state index contributed by atoms with van der Waals surface area (Å²) in [6.07, 6.45) is 3.59. The summed E-state index contributed by atoms with van der Waals surface area (Å²) in [6.45, 7) is 0.707. The summed E-state index contributed by atoms with van der Waals surface area (Å²) >= 11 is 0. The van der Waals surface area contributed by atoms with Gasteiger partial charge >= 0.3 is 0 Å². The van der Waals surface area contributed by atoms with E-state index < -0.39 is 11.6 Å². The Morgan fingerprint density at radius 1 is 1.31 bits per heavy atom. The van der Waals surface area contributed by atoms with Crippen LogP contribution in [0.3, 0.4) is 0 Å². The highest BCUT2D eigenvalue weighted by molar-refractivity contribution is 5.47. The van der Waals surface area contributed by atoms with Gasteiger partial charge in [0, 0.05) is 19.7 Å². The highest BCUT2D eigenvalue weighted by Gasteiger charge is 2.18. The SMILES string of the molecule is CNc1nc(NCC2CCC2)c(F)cc1F. The van der Waals surface area contributed by atoms with Gasteiger partial charge in [-0.05, 0) is 18.8 Å². The van der Waals surface area contributed by atoms with E-state index in [0.717, 1.165) is 6.07 Å². The molecule has 0 atom stereocenters. The number of pyridine rings is 1. The molecule has 88 valence electrons. The Balaban J connectivity index is 2.06. The van der Waals surface area contributed by atoms with Gasteiger partial charge in [0.1, 0.15) is 0 Å². The fraction of sp³-hybridized carbons (Fsp3) is 0.545. The molecule has 0 bridgehead atoms. The first-order chi connectivity index (χ1) is 7.70. The van der Waals surface area contributed by atoms with Gasteiger partial charge in [-0.15, -0.1) is 0 Å². The van der Waals surface area contributed by atoms with Crippen molar-refractivity contribution in [2.24, 2.45) is 5.92 Å². The van der Waals surface area contributed by atoms with Crippen molar-refractivity contribution in [1.82, 2.24) is 4.98 Å². The summed E-state index contributed by atoms with van der Waals surface area (Å²) in [5, 5.41) is 5.51. The number of anilines is 2. The summed E-state index contributed by atoms with van der Waals surface area (Å²) in [5.74, 6) is -0.524. The van der Waals surface area contributed by atoms with Gasteiger partial charge in [0.25, 0.3) is 0 Å². The van der Waals surface area contributed by atoms with Gasteiger partial charge in [-0.25, -0.2) is 13.8 Å². The fourth-order valence-corrected chi connectivity index (χ4v) is 1.70. The summed E-state index contributed by atoms with van der Waals surface area (Å²) < 4.78 is 26.5. The molecule has 0 amide bonds. The molecule has 1 aromatic rings. The van der Waals surface area contributed by atoms with Gasteiger partial charge in [-0.2, -0.15) is 0 Å². The number of hydrogen-bond acceptors (Lipinski definition) is 3. The monoisotopic (exact) mass is 227 g/mol. The molecule has 0 radical (unpaired) electrons. The standard InChI is InChI=1S/C11H15F2N3/c1-14-10-8(12)5-9(13)11(16-10)15-6-7-3-2-4-7/h5,7H,2-4,6H2,1H3,(H2,14,15,16). The van der Waals surface area contributed by atoms with Gasteiger partial charge in [0.2, 0.25) is 0 Å². The van der Waals surface area contributed by atoms with Crippen LogP contribution in [0, 0.1) is 17.6 Å². The largest absolute Gasteiger partial charge is 0.371 e. The lowest BCUT2D eigenvalue weighted by Crippen LogP contribution is -2.22. The van der Waals surface area contributed by atoms with Crippen molar-refractivity contribution >= 4 is 11.6 Å². The van der Waals surface area contributed by atoms with E-state index in [4.69, 9.17) is 0 Å². The van der Waals surface area contributed by atoms with Crippen LogP contribution in [0.2, 0.25) is 0 Å².